The van der Waals surface area contributed by atoms with Crippen LogP contribution in [0.5, 0.6) is 0 Å². The maximum atomic E-state index is 12.5. The van der Waals surface area contributed by atoms with E-state index < -0.39 is 12.3 Å². The first-order valence-corrected chi connectivity index (χ1v) is 6.03. The Bertz CT molecular complexity index is 408. The molecule has 0 spiro atoms. The molecule has 1 aromatic carbocycles. The molecule has 0 heterocycles. The van der Waals surface area contributed by atoms with E-state index in [2.05, 4.69) is 0 Å². The molecule has 1 rings (SSSR count). The number of hydrogen-bond donors (Lipinski definition) is 1. The Hall–Kier alpha value is -1.03. The fraction of sp³-hybridized carbons (Fsp3) is 0.571. The quantitative estimate of drug-likeness (QED) is 0.846. The van der Waals surface area contributed by atoms with Gasteiger partial charge in [0.25, 0.3) is 0 Å². The molecule has 0 aliphatic rings. The predicted octanol–water partition coefficient (Wildman–Crippen LogP) is 4.53. The smallest absolute Gasteiger partial charge is 0.379 e. The Labute approximate surface area is 106 Å². The summed E-state index contributed by atoms with van der Waals surface area (Å²) >= 11 is 0. The molecule has 4 heteroatoms. The van der Waals surface area contributed by atoms with E-state index in [0.29, 0.717) is 0 Å². The van der Waals surface area contributed by atoms with Crippen LogP contribution in [0, 0.1) is 0 Å². The van der Waals surface area contributed by atoms with Crippen LogP contribution in [0.15, 0.2) is 18.2 Å². The molecule has 1 atom stereocenters. The summed E-state index contributed by atoms with van der Waals surface area (Å²) in [4.78, 5) is 0. The Morgan fingerprint density at radius 3 is 1.83 bits per heavy atom. The number of aliphatic hydroxyl groups excluding tert-OH is 1. The van der Waals surface area contributed by atoms with Gasteiger partial charge in [0, 0.05) is 0 Å². The second kappa shape index (κ2) is 5.31. The van der Waals surface area contributed by atoms with Crippen molar-refractivity contribution in [1.29, 1.82) is 0 Å². The van der Waals surface area contributed by atoms with Crippen molar-refractivity contribution in [3.8, 4) is 0 Å². The van der Waals surface area contributed by atoms with E-state index in [1.807, 2.05) is 27.7 Å². The first kappa shape index (κ1) is 15.0. The second-order valence-electron chi connectivity index (χ2n) is 5.14. The minimum atomic E-state index is -4.62. The van der Waals surface area contributed by atoms with Gasteiger partial charge in [-0.1, -0.05) is 45.9 Å². The summed E-state index contributed by atoms with van der Waals surface area (Å²) in [7, 11) is 0. The molecule has 1 N–H and O–H groups in total. The third-order valence-corrected chi connectivity index (χ3v) is 2.98. The molecule has 0 saturated heterocycles. The molecule has 0 aliphatic carbocycles. The lowest BCUT2D eigenvalue weighted by molar-refractivity contribution is -0.206. The van der Waals surface area contributed by atoms with Crippen LogP contribution in [-0.4, -0.2) is 11.3 Å². The largest absolute Gasteiger partial charge is 0.418 e. The molecule has 0 radical (unpaired) electrons. The molecule has 0 amide bonds. The van der Waals surface area contributed by atoms with E-state index in [1.54, 1.807) is 6.07 Å². The van der Waals surface area contributed by atoms with Crippen molar-refractivity contribution in [2.24, 2.45) is 0 Å². The average Bonchev–Trinajstić information content (AvgIpc) is 2.25. The lowest BCUT2D eigenvalue weighted by Gasteiger charge is -2.20. The maximum absolute atomic E-state index is 12.5. The van der Waals surface area contributed by atoms with Gasteiger partial charge >= 0.3 is 6.18 Å². The summed E-state index contributed by atoms with van der Waals surface area (Å²) in [5, 5.41) is 9.27. The number of rotatable bonds is 3. The van der Waals surface area contributed by atoms with Gasteiger partial charge in [-0.05, 0) is 28.5 Å². The van der Waals surface area contributed by atoms with E-state index in [0.717, 1.165) is 11.1 Å². The first-order valence-electron chi connectivity index (χ1n) is 6.03. The van der Waals surface area contributed by atoms with Crippen LogP contribution < -0.4 is 0 Å². The molecule has 0 saturated carbocycles. The zero-order chi connectivity index (χ0) is 14.1. The summed E-state index contributed by atoms with van der Waals surface area (Å²) in [6.07, 6.45) is -7.02. The highest BCUT2D eigenvalue weighted by Gasteiger charge is 2.39. The third-order valence-electron chi connectivity index (χ3n) is 2.98. The lowest BCUT2D eigenvalue weighted by atomic mass is 9.88. The van der Waals surface area contributed by atoms with Crippen molar-refractivity contribution in [2.45, 2.75) is 51.8 Å². The van der Waals surface area contributed by atoms with Crippen molar-refractivity contribution >= 4 is 0 Å². The lowest BCUT2D eigenvalue weighted by Crippen LogP contribution is -2.20. The summed E-state index contributed by atoms with van der Waals surface area (Å²) in [5.74, 6) is 0.377. The molecule has 1 unspecified atom stereocenters. The van der Waals surface area contributed by atoms with Crippen LogP contribution in [-0.2, 0) is 0 Å². The molecule has 102 valence electrons. The van der Waals surface area contributed by atoms with E-state index in [1.165, 1.54) is 12.1 Å². The minimum Gasteiger partial charge on any atom is -0.379 e. The highest BCUT2D eigenvalue weighted by molar-refractivity contribution is 5.37. The van der Waals surface area contributed by atoms with Crippen LogP contribution in [0.3, 0.4) is 0 Å². The van der Waals surface area contributed by atoms with Gasteiger partial charge in [0.1, 0.15) is 0 Å². The molecular weight excluding hydrogens is 241 g/mol. The van der Waals surface area contributed by atoms with Crippen LogP contribution in [0.4, 0.5) is 13.2 Å². The van der Waals surface area contributed by atoms with E-state index in [4.69, 9.17) is 0 Å². The topological polar surface area (TPSA) is 20.2 Å². The number of benzene rings is 1. The van der Waals surface area contributed by atoms with Gasteiger partial charge in [-0.2, -0.15) is 13.2 Å². The van der Waals surface area contributed by atoms with Crippen molar-refractivity contribution in [3.05, 3.63) is 34.9 Å². The van der Waals surface area contributed by atoms with Gasteiger partial charge in [-0.3, -0.25) is 0 Å². The fourth-order valence-electron chi connectivity index (χ4n) is 1.98. The third kappa shape index (κ3) is 3.25. The zero-order valence-corrected chi connectivity index (χ0v) is 11.0. The number of aliphatic hydroxyl groups is 1. The number of hydrogen-bond acceptors (Lipinski definition) is 1. The van der Waals surface area contributed by atoms with Gasteiger partial charge in [-0.25, -0.2) is 0 Å². The normalized spacial score (nSPS) is 14.3. The SMILES string of the molecule is CC(C)c1ccc(C(O)C(F)(F)F)cc1C(C)C. The molecule has 0 aromatic heterocycles. The van der Waals surface area contributed by atoms with Crippen molar-refractivity contribution in [1.82, 2.24) is 0 Å². The zero-order valence-electron chi connectivity index (χ0n) is 11.0. The molecule has 18 heavy (non-hydrogen) atoms. The van der Waals surface area contributed by atoms with Gasteiger partial charge in [0.2, 0.25) is 0 Å². The maximum Gasteiger partial charge on any atom is 0.418 e. The molecule has 1 nitrogen and oxygen atoms in total. The Balaban J connectivity index is 3.23. The van der Waals surface area contributed by atoms with Gasteiger partial charge < -0.3 is 5.11 Å². The van der Waals surface area contributed by atoms with E-state index in [-0.39, 0.29) is 17.4 Å². The van der Waals surface area contributed by atoms with Crippen molar-refractivity contribution in [2.75, 3.05) is 0 Å². The second-order valence-corrected chi connectivity index (χ2v) is 5.14. The Morgan fingerprint density at radius 1 is 0.944 bits per heavy atom. The molecular formula is C14H19F3O. The van der Waals surface area contributed by atoms with Crippen molar-refractivity contribution in [3.63, 3.8) is 0 Å². The first-order chi connectivity index (χ1) is 8.14. The summed E-state index contributed by atoms with van der Waals surface area (Å²) < 4.78 is 37.4. The van der Waals surface area contributed by atoms with Crippen molar-refractivity contribution < 1.29 is 18.3 Å². The van der Waals surface area contributed by atoms with Crippen LogP contribution in [0.1, 0.15) is 62.3 Å². The van der Waals surface area contributed by atoms with Crippen LogP contribution in [0.2, 0.25) is 0 Å². The molecule has 0 bridgehead atoms. The Kier molecular flexibility index (Phi) is 4.43. The van der Waals surface area contributed by atoms with Gasteiger partial charge in [0.15, 0.2) is 6.10 Å². The highest BCUT2D eigenvalue weighted by Crippen LogP contribution is 2.35. The van der Waals surface area contributed by atoms with Gasteiger partial charge in [-0.15, -0.1) is 0 Å². The Morgan fingerprint density at radius 2 is 1.44 bits per heavy atom. The summed E-state index contributed by atoms with van der Waals surface area (Å²) in [6.45, 7) is 7.87. The van der Waals surface area contributed by atoms with Crippen LogP contribution in [0.25, 0.3) is 0 Å². The van der Waals surface area contributed by atoms with E-state index >= 15 is 0 Å². The molecule has 0 fully saturated rings. The summed E-state index contributed by atoms with van der Waals surface area (Å²) in [5.41, 5.74) is 1.81. The molecule has 1 aromatic rings. The van der Waals surface area contributed by atoms with Crippen LogP contribution >= 0.6 is 0 Å². The fourth-order valence-corrected chi connectivity index (χ4v) is 1.98. The van der Waals surface area contributed by atoms with E-state index in [9.17, 15) is 18.3 Å². The average molecular weight is 260 g/mol. The number of alkyl halides is 3. The highest BCUT2D eigenvalue weighted by atomic mass is 19.4. The monoisotopic (exact) mass is 260 g/mol. The number of halogens is 3. The molecule has 0 aliphatic heterocycles. The van der Waals surface area contributed by atoms with Gasteiger partial charge in [0.05, 0.1) is 0 Å². The standard InChI is InChI=1S/C14H19F3O/c1-8(2)11-6-5-10(7-12(11)9(3)4)13(18)14(15,16)17/h5-9,13,18H,1-4H3. The minimum absolute atomic E-state index is 0.0874. The predicted molar refractivity (Wildman–Crippen MR) is 65.6 cm³/mol. The summed E-state index contributed by atoms with van der Waals surface area (Å²) in [6, 6.07) is 4.52.